The molecule has 0 aromatic carbocycles. The number of piperidine rings is 1. The van der Waals surface area contributed by atoms with Crippen molar-refractivity contribution in [2.24, 2.45) is 0 Å². The highest BCUT2D eigenvalue weighted by atomic mass is 32.1. The predicted molar refractivity (Wildman–Crippen MR) is 95.3 cm³/mol. The maximum atomic E-state index is 12.4. The molecular formula is C17H25N5OS. The zero-order valence-electron chi connectivity index (χ0n) is 14.4. The van der Waals surface area contributed by atoms with Crippen LogP contribution in [-0.4, -0.2) is 52.3 Å². The normalized spacial score (nSPS) is 17.8. The molecule has 6 nitrogen and oxygen atoms in total. The number of likely N-dealkylation sites (N-methyl/N-ethyl adjacent to an activating group) is 1. The van der Waals surface area contributed by atoms with Gasteiger partial charge >= 0.3 is 0 Å². The first-order chi connectivity index (χ1) is 11.6. The van der Waals surface area contributed by atoms with Crippen LogP contribution in [0.1, 0.15) is 35.0 Å². The van der Waals surface area contributed by atoms with Gasteiger partial charge in [-0.2, -0.15) is 5.10 Å². The van der Waals surface area contributed by atoms with E-state index < -0.39 is 0 Å². The Morgan fingerprint density at radius 2 is 2.42 bits per heavy atom. The SMILES string of the molecule is Cc1ncsc1CCN(C)C(=O)Cn1ccc(C2CCCNC2)n1. The number of carbonyl (C=O) groups excluding carboxylic acids is 1. The van der Waals surface area contributed by atoms with Crippen molar-refractivity contribution >= 4 is 17.2 Å². The molecule has 1 aliphatic rings. The van der Waals surface area contributed by atoms with Gasteiger partial charge in [0.05, 0.1) is 16.9 Å². The van der Waals surface area contributed by atoms with Crippen molar-refractivity contribution < 1.29 is 4.79 Å². The molecule has 3 heterocycles. The first-order valence-electron chi connectivity index (χ1n) is 8.50. The predicted octanol–water partition coefficient (Wildman–Crippen LogP) is 1.82. The molecular weight excluding hydrogens is 322 g/mol. The highest BCUT2D eigenvalue weighted by Crippen LogP contribution is 2.21. The molecule has 0 radical (unpaired) electrons. The van der Waals surface area contributed by atoms with Gasteiger partial charge < -0.3 is 10.2 Å². The maximum absolute atomic E-state index is 12.4. The molecule has 3 rings (SSSR count). The molecule has 1 unspecified atom stereocenters. The number of hydrogen-bond donors (Lipinski definition) is 1. The topological polar surface area (TPSA) is 63.1 Å². The summed E-state index contributed by atoms with van der Waals surface area (Å²) < 4.78 is 1.76. The van der Waals surface area contributed by atoms with Crippen LogP contribution in [0.3, 0.4) is 0 Å². The van der Waals surface area contributed by atoms with Gasteiger partial charge in [-0.25, -0.2) is 4.98 Å². The molecule has 1 fully saturated rings. The number of nitrogens with one attached hydrogen (secondary N) is 1. The van der Waals surface area contributed by atoms with E-state index >= 15 is 0 Å². The second-order valence-corrected chi connectivity index (χ2v) is 7.35. The van der Waals surface area contributed by atoms with E-state index in [0.29, 0.717) is 19.0 Å². The van der Waals surface area contributed by atoms with Gasteiger partial charge in [0.1, 0.15) is 6.54 Å². The van der Waals surface area contributed by atoms with Crippen LogP contribution in [0.4, 0.5) is 0 Å². The molecule has 1 amide bonds. The fraction of sp³-hybridized carbons (Fsp3) is 0.588. The fourth-order valence-corrected chi connectivity index (χ4v) is 3.78. The smallest absolute Gasteiger partial charge is 0.244 e. The Bertz CT molecular complexity index is 674. The fourth-order valence-electron chi connectivity index (χ4n) is 3.01. The monoisotopic (exact) mass is 347 g/mol. The minimum atomic E-state index is 0.0913. The average molecular weight is 347 g/mol. The van der Waals surface area contributed by atoms with Crippen LogP contribution in [0.25, 0.3) is 0 Å². The maximum Gasteiger partial charge on any atom is 0.244 e. The van der Waals surface area contributed by atoms with Crippen molar-refractivity contribution in [1.82, 2.24) is 25.0 Å². The molecule has 0 aliphatic carbocycles. The Hall–Kier alpha value is -1.73. The number of nitrogens with zero attached hydrogens (tertiary/aromatic N) is 4. The number of aromatic nitrogens is 3. The molecule has 0 spiro atoms. The molecule has 1 N–H and O–H groups in total. The lowest BCUT2D eigenvalue weighted by Gasteiger charge is -2.21. The van der Waals surface area contributed by atoms with Crippen LogP contribution in [-0.2, 0) is 17.8 Å². The second kappa shape index (κ2) is 7.90. The van der Waals surface area contributed by atoms with Crippen molar-refractivity contribution in [3.8, 4) is 0 Å². The van der Waals surface area contributed by atoms with Crippen LogP contribution >= 0.6 is 11.3 Å². The minimum absolute atomic E-state index is 0.0913. The molecule has 130 valence electrons. The third-order valence-corrected chi connectivity index (χ3v) is 5.61. The van der Waals surface area contributed by atoms with Gasteiger partial charge in [0.25, 0.3) is 0 Å². The van der Waals surface area contributed by atoms with Crippen molar-refractivity contribution in [1.29, 1.82) is 0 Å². The first-order valence-corrected chi connectivity index (χ1v) is 9.38. The Morgan fingerprint density at radius 3 is 3.12 bits per heavy atom. The molecule has 2 aromatic rings. The van der Waals surface area contributed by atoms with E-state index in [4.69, 9.17) is 0 Å². The number of thiazole rings is 1. The number of aryl methyl sites for hydroxylation is 1. The second-order valence-electron chi connectivity index (χ2n) is 6.41. The van der Waals surface area contributed by atoms with Crippen LogP contribution in [0.2, 0.25) is 0 Å². The summed E-state index contributed by atoms with van der Waals surface area (Å²) in [6.07, 6.45) is 5.14. The van der Waals surface area contributed by atoms with E-state index in [2.05, 4.69) is 15.4 Å². The van der Waals surface area contributed by atoms with E-state index in [-0.39, 0.29) is 5.91 Å². The van der Waals surface area contributed by atoms with Crippen LogP contribution in [0.15, 0.2) is 17.8 Å². The van der Waals surface area contributed by atoms with E-state index in [1.165, 1.54) is 17.7 Å². The molecule has 0 bridgehead atoms. The van der Waals surface area contributed by atoms with Gasteiger partial charge in [0.15, 0.2) is 0 Å². The molecule has 0 saturated carbocycles. The van der Waals surface area contributed by atoms with Gasteiger partial charge in [-0.3, -0.25) is 9.48 Å². The minimum Gasteiger partial charge on any atom is -0.344 e. The average Bonchev–Trinajstić information content (AvgIpc) is 3.22. The summed E-state index contributed by atoms with van der Waals surface area (Å²) in [5.41, 5.74) is 4.02. The molecule has 1 atom stereocenters. The lowest BCUT2D eigenvalue weighted by molar-refractivity contribution is -0.130. The highest BCUT2D eigenvalue weighted by Gasteiger charge is 2.18. The quantitative estimate of drug-likeness (QED) is 0.866. The first kappa shape index (κ1) is 17.1. The third kappa shape index (κ3) is 4.21. The highest BCUT2D eigenvalue weighted by molar-refractivity contribution is 7.09. The third-order valence-electron chi connectivity index (χ3n) is 4.62. The zero-order chi connectivity index (χ0) is 16.9. The summed E-state index contributed by atoms with van der Waals surface area (Å²) in [5, 5.41) is 8.01. The van der Waals surface area contributed by atoms with E-state index in [9.17, 15) is 4.79 Å². The molecule has 1 saturated heterocycles. The van der Waals surface area contributed by atoms with Gasteiger partial charge in [-0.15, -0.1) is 11.3 Å². The van der Waals surface area contributed by atoms with Gasteiger partial charge in [-0.05, 0) is 32.4 Å². The van der Waals surface area contributed by atoms with Crippen LogP contribution < -0.4 is 5.32 Å². The molecule has 1 aliphatic heterocycles. The van der Waals surface area contributed by atoms with E-state index in [1.54, 1.807) is 20.9 Å². The van der Waals surface area contributed by atoms with Crippen molar-refractivity contribution in [2.75, 3.05) is 26.7 Å². The van der Waals surface area contributed by atoms with Crippen molar-refractivity contribution in [2.45, 2.75) is 38.6 Å². The summed E-state index contributed by atoms with van der Waals surface area (Å²) in [4.78, 5) is 19.7. The van der Waals surface area contributed by atoms with E-state index in [1.807, 2.05) is 31.7 Å². The Morgan fingerprint density at radius 1 is 1.54 bits per heavy atom. The Kier molecular flexibility index (Phi) is 5.63. The lowest BCUT2D eigenvalue weighted by atomic mass is 9.97. The number of carbonyl (C=O) groups is 1. The molecule has 7 heteroatoms. The number of rotatable bonds is 6. The summed E-state index contributed by atoms with van der Waals surface area (Å²) in [6, 6.07) is 2.05. The standard InChI is InChI=1S/C17H25N5OS/c1-13-16(24-12-19-13)6-8-21(2)17(23)11-22-9-5-15(20-22)14-4-3-7-18-10-14/h5,9,12,14,18H,3-4,6-8,10-11H2,1-2H3. The molecule has 24 heavy (non-hydrogen) atoms. The van der Waals surface area contributed by atoms with Crippen molar-refractivity contribution in [3.63, 3.8) is 0 Å². The summed E-state index contributed by atoms with van der Waals surface area (Å²) >= 11 is 1.65. The zero-order valence-corrected chi connectivity index (χ0v) is 15.2. The summed E-state index contributed by atoms with van der Waals surface area (Å²) in [5.74, 6) is 0.565. The van der Waals surface area contributed by atoms with Crippen LogP contribution in [0.5, 0.6) is 0 Å². The Balaban J connectivity index is 1.50. The van der Waals surface area contributed by atoms with Gasteiger partial charge in [-0.1, -0.05) is 0 Å². The van der Waals surface area contributed by atoms with Crippen molar-refractivity contribution in [3.05, 3.63) is 34.0 Å². The molecule has 2 aromatic heterocycles. The Labute approximate surface area is 146 Å². The summed E-state index contributed by atoms with van der Waals surface area (Å²) in [6.45, 7) is 5.11. The number of amides is 1. The summed E-state index contributed by atoms with van der Waals surface area (Å²) in [7, 11) is 1.86. The van der Waals surface area contributed by atoms with Gasteiger partial charge in [0.2, 0.25) is 5.91 Å². The largest absolute Gasteiger partial charge is 0.344 e. The van der Waals surface area contributed by atoms with Gasteiger partial charge in [0, 0.05) is 43.5 Å². The lowest BCUT2D eigenvalue weighted by Crippen LogP contribution is -2.32. The van der Waals surface area contributed by atoms with Crippen LogP contribution in [0, 0.1) is 6.92 Å². The van der Waals surface area contributed by atoms with E-state index in [0.717, 1.165) is 30.9 Å². The number of hydrogen-bond acceptors (Lipinski definition) is 5.